The fourth-order valence-corrected chi connectivity index (χ4v) is 6.92. The number of nitrogens with one attached hydrogen (secondary N) is 1. The molecule has 0 bridgehead atoms. The number of hydrogen-bond acceptors (Lipinski definition) is 6. The number of benzene rings is 1. The third-order valence-corrected chi connectivity index (χ3v) is 9.82. The van der Waals surface area contributed by atoms with Gasteiger partial charge in [0.05, 0.1) is 6.33 Å². The molecule has 2 aromatic rings. The molecule has 1 N–H and O–H groups in total. The summed E-state index contributed by atoms with van der Waals surface area (Å²) in [6, 6.07) is 5.38. The number of carbonyl (C=O) groups is 1. The number of rotatable bonds is 9. The standard InChI is InChI=1S/C23H29BrF2N4O3SSi/c1-35(2,3)9-8-32-15-28-20(31)33-21-29-23(12-25,17-10-16(24)4-5-18(17)26)19-11-22(19,34-21)13-30-7-6-27-14-30/h4-7,10,14,19H,8-9,11-13,15H2,1-3H3,(H,28,31)/t19-,22-,23-/m1/s1. The average Bonchev–Trinajstić information content (AvgIpc) is 3.27. The first-order valence-electron chi connectivity index (χ1n) is 11.4. The van der Waals surface area contributed by atoms with Gasteiger partial charge in [0.15, 0.2) is 0 Å². The van der Waals surface area contributed by atoms with Crippen molar-refractivity contribution in [2.24, 2.45) is 10.9 Å². The first-order valence-corrected chi connectivity index (χ1v) is 16.7. The lowest BCUT2D eigenvalue weighted by atomic mass is 9.85. The van der Waals surface area contributed by atoms with Crippen LogP contribution in [0.2, 0.25) is 25.7 Å². The van der Waals surface area contributed by atoms with Gasteiger partial charge >= 0.3 is 6.09 Å². The Balaban J connectivity index is 1.54. The molecule has 1 aromatic heterocycles. The molecular formula is C23H29BrF2N4O3SSi. The molecular weight excluding hydrogens is 558 g/mol. The van der Waals surface area contributed by atoms with Crippen molar-refractivity contribution in [3.8, 4) is 0 Å². The molecule has 190 valence electrons. The summed E-state index contributed by atoms with van der Waals surface area (Å²) < 4.78 is 42.8. The summed E-state index contributed by atoms with van der Waals surface area (Å²) in [5.74, 6) is -0.832. The summed E-state index contributed by atoms with van der Waals surface area (Å²) >= 11 is 4.64. The van der Waals surface area contributed by atoms with Crippen LogP contribution in [-0.2, 0) is 21.6 Å². The first kappa shape index (κ1) is 26.3. The van der Waals surface area contributed by atoms with Gasteiger partial charge < -0.3 is 14.0 Å². The Kier molecular flexibility index (Phi) is 7.75. The van der Waals surface area contributed by atoms with E-state index in [1.807, 2.05) is 10.8 Å². The minimum atomic E-state index is -1.50. The van der Waals surface area contributed by atoms with Crippen LogP contribution in [0.1, 0.15) is 12.0 Å². The van der Waals surface area contributed by atoms with Gasteiger partial charge in [0.2, 0.25) is 0 Å². The zero-order chi connectivity index (χ0) is 25.3. The van der Waals surface area contributed by atoms with Crippen LogP contribution in [0.4, 0.5) is 13.6 Å². The fourth-order valence-electron chi connectivity index (χ4n) is 4.33. The first-order chi connectivity index (χ1) is 16.6. The summed E-state index contributed by atoms with van der Waals surface area (Å²) in [5.41, 5.74) is -1.35. The molecule has 7 nitrogen and oxygen atoms in total. The highest BCUT2D eigenvalue weighted by Gasteiger charge is 2.69. The molecule has 2 aliphatic rings. The number of halogens is 3. The van der Waals surface area contributed by atoms with E-state index in [4.69, 9.17) is 9.47 Å². The number of nitrogens with zero attached hydrogens (tertiary/aromatic N) is 3. The van der Waals surface area contributed by atoms with Gasteiger partial charge in [0, 0.05) is 54.3 Å². The van der Waals surface area contributed by atoms with Crippen molar-refractivity contribution in [3.05, 3.63) is 52.8 Å². The molecule has 0 saturated heterocycles. The lowest BCUT2D eigenvalue weighted by Crippen LogP contribution is -2.41. The monoisotopic (exact) mass is 586 g/mol. The second-order valence-electron chi connectivity index (χ2n) is 10.1. The molecule has 0 spiro atoms. The number of aromatic nitrogens is 2. The Morgan fingerprint density at radius 1 is 1.40 bits per heavy atom. The highest BCUT2D eigenvalue weighted by molar-refractivity contribution is 9.10. The number of amides is 1. The van der Waals surface area contributed by atoms with Gasteiger partial charge in [0.25, 0.3) is 5.23 Å². The van der Waals surface area contributed by atoms with Crippen molar-refractivity contribution >= 4 is 47.1 Å². The number of carbonyl (C=O) groups excluding carboxylic acids is 1. The number of hydrogen-bond donors (Lipinski definition) is 1. The van der Waals surface area contributed by atoms with Crippen LogP contribution in [0.25, 0.3) is 0 Å². The van der Waals surface area contributed by atoms with Crippen LogP contribution in [0, 0.1) is 11.7 Å². The number of imidazole rings is 1. The summed E-state index contributed by atoms with van der Waals surface area (Å²) in [5, 5.41) is 2.57. The Labute approximate surface area is 217 Å². The van der Waals surface area contributed by atoms with Gasteiger partial charge in [-0.3, -0.25) is 5.32 Å². The highest BCUT2D eigenvalue weighted by atomic mass is 79.9. The minimum absolute atomic E-state index is 0.00141. The van der Waals surface area contributed by atoms with Crippen molar-refractivity contribution in [1.29, 1.82) is 0 Å². The molecule has 1 saturated carbocycles. The molecule has 1 aromatic carbocycles. The topological polar surface area (TPSA) is 77.7 Å². The van der Waals surface area contributed by atoms with E-state index in [1.165, 1.54) is 17.8 Å². The predicted molar refractivity (Wildman–Crippen MR) is 138 cm³/mol. The Morgan fingerprint density at radius 3 is 2.89 bits per heavy atom. The number of alkyl carbamates (subject to hydrolysis) is 1. The average molecular weight is 588 g/mol. The zero-order valence-electron chi connectivity index (χ0n) is 19.9. The van der Waals surface area contributed by atoms with E-state index in [9.17, 15) is 13.6 Å². The molecule has 35 heavy (non-hydrogen) atoms. The lowest BCUT2D eigenvalue weighted by Gasteiger charge is -2.35. The number of fused-ring (bicyclic) bond motifs is 1. The van der Waals surface area contributed by atoms with Crippen LogP contribution in [-0.4, -0.2) is 53.7 Å². The van der Waals surface area contributed by atoms with E-state index < -0.39 is 36.9 Å². The van der Waals surface area contributed by atoms with E-state index in [-0.39, 0.29) is 23.4 Å². The summed E-state index contributed by atoms with van der Waals surface area (Å²) in [7, 11) is -1.24. The maximum atomic E-state index is 15.0. The van der Waals surface area contributed by atoms with Crippen molar-refractivity contribution in [3.63, 3.8) is 0 Å². The Hall–Kier alpha value is -1.76. The normalized spacial score (nSPS) is 25.5. The maximum absolute atomic E-state index is 15.0. The molecule has 12 heteroatoms. The maximum Gasteiger partial charge on any atom is 0.416 e. The fraction of sp³-hybridized carbons (Fsp3) is 0.522. The van der Waals surface area contributed by atoms with Crippen molar-refractivity contribution in [2.45, 2.75) is 48.9 Å². The summed E-state index contributed by atoms with van der Waals surface area (Å²) in [4.78, 5) is 21.1. The number of alkyl halides is 1. The van der Waals surface area contributed by atoms with Crippen molar-refractivity contribution in [1.82, 2.24) is 14.9 Å². The molecule has 0 unspecified atom stereocenters. The third kappa shape index (κ3) is 5.97. The van der Waals surface area contributed by atoms with Gasteiger partial charge in [-0.1, -0.05) is 47.3 Å². The Morgan fingerprint density at radius 2 is 2.20 bits per heavy atom. The lowest BCUT2D eigenvalue weighted by molar-refractivity contribution is 0.120. The minimum Gasteiger partial charge on any atom is -0.385 e. The smallest absolute Gasteiger partial charge is 0.385 e. The third-order valence-electron chi connectivity index (χ3n) is 6.29. The Bertz CT molecular complexity index is 1100. The van der Waals surface area contributed by atoms with E-state index in [0.717, 1.165) is 6.04 Å². The van der Waals surface area contributed by atoms with Gasteiger partial charge in [0.1, 0.15) is 24.8 Å². The van der Waals surface area contributed by atoms with Crippen LogP contribution in [0.5, 0.6) is 0 Å². The quantitative estimate of drug-likeness (QED) is 0.237. The second-order valence-corrected chi connectivity index (χ2v) is 18.1. The van der Waals surface area contributed by atoms with Crippen LogP contribution >= 0.6 is 27.7 Å². The van der Waals surface area contributed by atoms with E-state index in [0.29, 0.717) is 24.0 Å². The van der Waals surface area contributed by atoms with Gasteiger partial charge in [-0.15, -0.1) is 0 Å². The van der Waals surface area contributed by atoms with Crippen LogP contribution in [0.15, 0.2) is 46.4 Å². The molecule has 1 amide bonds. The van der Waals surface area contributed by atoms with E-state index in [2.05, 4.69) is 50.9 Å². The van der Waals surface area contributed by atoms with Gasteiger partial charge in [-0.25, -0.2) is 23.6 Å². The molecule has 0 radical (unpaired) electrons. The van der Waals surface area contributed by atoms with E-state index in [1.54, 1.807) is 24.7 Å². The SMILES string of the molecule is C[Si](C)(C)CCOCNC(=O)OC1=N[C@](CF)(c2cc(Br)ccc2F)[C@@H]2C[C@]2(Cn2ccnc2)S1. The largest absolute Gasteiger partial charge is 0.416 e. The van der Waals surface area contributed by atoms with E-state index >= 15 is 0 Å². The molecule has 2 heterocycles. The molecule has 3 atom stereocenters. The van der Waals surface area contributed by atoms with Crippen molar-refractivity contribution < 1.29 is 23.0 Å². The van der Waals surface area contributed by atoms with Gasteiger partial charge in [-0.05, 0) is 30.7 Å². The van der Waals surface area contributed by atoms with Gasteiger partial charge in [-0.2, -0.15) is 0 Å². The predicted octanol–water partition coefficient (Wildman–Crippen LogP) is 5.55. The molecule has 1 fully saturated rings. The number of thioether (sulfide) groups is 1. The molecule has 1 aliphatic carbocycles. The molecule has 1 aliphatic heterocycles. The summed E-state index contributed by atoms with van der Waals surface area (Å²) in [6.45, 7) is 6.85. The molecule has 4 rings (SSSR count). The highest BCUT2D eigenvalue weighted by Crippen LogP contribution is 2.67. The zero-order valence-corrected chi connectivity index (χ0v) is 23.3. The number of ether oxygens (including phenoxy) is 2. The number of aliphatic imine (C=N–C) groups is 1. The summed E-state index contributed by atoms with van der Waals surface area (Å²) in [6.07, 6.45) is 5.00. The van der Waals surface area contributed by atoms with Crippen LogP contribution < -0.4 is 5.32 Å². The van der Waals surface area contributed by atoms with Crippen molar-refractivity contribution in [2.75, 3.05) is 20.0 Å². The van der Waals surface area contributed by atoms with Crippen LogP contribution in [0.3, 0.4) is 0 Å². The second kappa shape index (κ2) is 10.3.